The summed E-state index contributed by atoms with van der Waals surface area (Å²) in [6.45, 7) is 13.2. The minimum absolute atomic E-state index is 0.0111. The maximum atomic E-state index is 14.9. The van der Waals surface area contributed by atoms with Gasteiger partial charge >= 0.3 is 0 Å². The van der Waals surface area contributed by atoms with Gasteiger partial charge in [-0.3, -0.25) is 28.8 Å². The molecule has 2 aliphatic heterocycles. The molecule has 2 heterocycles. The number of halogens is 1. The summed E-state index contributed by atoms with van der Waals surface area (Å²) < 4.78 is 14.9. The lowest BCUT2D eigenvalue weighted by molar-refractivity contribution is -0.147. The minimum atomic E-state index is -0.989. The van der Waals surface area contributed by atoms with Gasteiger partial charge in [-0.05, 0) is 91.4 Å². The van der Waals surface area contributed by atoms with Crippen molar-refractivity contribution in [2.75, 3.05) is 33.7 Å². The van der Waals surface area contributed by atoms with E-state index in [4.69, 9.17) is 0 Å². The zero-order valence-electron chi connectivity index (χ0n) is 40.0. The molecule has 6 amide bonds. The van der Waals surface area contributed by atoms with Crippen molar-refractivity contribution in [3.63, 3.8) is 0 Å². The van der Waals surface area contributed by atoms with Crippen LogP contribution in [0.5, 0.6) is 0 Å². The summed E-state index contributed by atoms with van der Waals surface area (Å²) in [6.07, 6.45) is 3.09. The van der Waals surface area contributed by atoms with Crippen molar-refractivity contribution in [2.45, 2.75) is 129 Å². The van der Waals surface area contributed by atoms with Crippen LogP contribution in [0, 0.1) is 16.6 Å². The van der Waals surface area contributed by atoms with Crippen molar-refractivity contribution in [3.8, 4) is 0 Å². The zero-order chi connectivity index (χ0) is 48.1. The highest BCUT2D eigenvalue weighted by molar-refractivity contribution is 5.95. The van der Waals surface area contributed by atoms with E-state index in [2.05, 4.69) is 38.0 Å². The van der Waals surface area contributed by atoms with Gasteiger partial charge in [-0.25, -0.2) is 4.39 Å². The molecule has 15 heteroatoms. The lowest BCUT2D eigenvalue weighted by Crippen LogP contribution is -2.61. The Morgan fingerprint density at radius 2 is 1.32 bits per heavy atom. The van der Waals surface area contributed by atoms with E-state index in [1.807, 2.05) is 77.9 Å². The number of rotatable bonds is 14. The molecule has 0 saturated carbocycles. The number of amides is 6. The van der Waals surface area contributed by atoms with Crippen molar-refractivity contribution in [2.24, 2.45) is 10.8 Å². The van der Waals surface area contributed by atoms with E-state index in [0.717, 1.165) is 41.5 Å². The summed E-state index contributed by atoms with van der Waals surface area (Å²) >= 11 is 0. The Kier molecular flexibility index (Phi) is 15.7. The molecule has 14 nitrogen and oxygen atoms in total. The van der Waals surface area contributed by atoms with Crippen LogP contribution in [-0.2, 0) is 48.2 Å². The van der Waals surface area contributed by atoms with Crippen molar-refractivity contribution >= 4 is 35.4 Å². The number of fused-ring (bicyclic) bond motifs is 2. The second kappa shape index (κ2) is 20.9. The first kappa shape index (κ1) is 49.8. The van der Waals surface area contributed by atoms with E-state index in [9.17, 15) is 33.2 Å². The summed E-state index contributed by atoms with van der Waals surface area (Å²) in [4.78, 5) is 87.6. The molecule has 1 saturated heterocycles. The normalized spacial score (nSPS) is 20.8. The third-order valence-corrected chi connectivity index (χ3v) is 13.2. The lowest BCUT2D eigenvalue weighted by atomic mass is 9.83. The molecular formula is C51H69FN8O6. The second-order valence-electron chi connectivity index (χ2n) is 20.4. The third kappa shape index (κ3) is 11.5. The molecule has 3 aliphatic rings. The fourth-order valence-electron chi connectivity index (χ4n) is 9.65. The first-order chi connectivity index (χ1) is 31.2. The first-order valence-corrected chi connectivity index (χ1v) is 23.2. The van der Waals surface area contributed by atoms with E-state index < -0.39 is 58.7 Å². The van der Waals surface area contributed by atoms with Crippen LogP contribution in [0.4, 0.5) is 4.39 Å². The van der Waals surface area contributed by atoms with Crippen LogP contribution in [0.2, 0.25) is 0 Å². The van der Waals surface area contributed by atoms with Crippen LogP contribution in [0.25, 0.3) is 0 Å². The number of benzene rings is 3. The number of carbonyl (C=O) groups excluding carboxylic acids is 6. The van der Waals surface area contributed by atoms with Gasteiger partial charge < -0.3 is 41.7 Å². The minimum Gasteiger partial charge on any atom is -0.348 e. The molecule has 0 aromatic heterocycles. The highest BCUT2D eigenvalue weighted by Crippen LogP contribution is 2.38. The zero-order valence-corrected chi connectivity index (χ0v) is 40.0. The summed E-state index contributed by atoms with van der Waals surface area (Å²) in [5.74, 6) is -2.97. The highest BCUT2D eigenvalue weighted by atomic mass is 19.1. The number of hydrogen-bond donors (Lipinski definition) is 6. The largest absolute Gasteiger partial charge is 0.348 e. The molecule has 3 aromatic carbocycles. The molecule has 7 atom stereocenters. The Hall–Kier alpha value is -5.67. The molecule has 3 aromatic rings. The average molecular weight is 909 g/mol. The molecule has 5 unspecified atom stereocenters. The van der Waals surface area contributed by atoms with Crippen molar-refractivity contribution < 1.29 is 33.2 Å². The van der Waals surface area contributed by atoms with E-state index >= 15 is 0 Å². The molecule has 1 aliphatic carbocycles. The van der Waals surface area contributed by atoms with E-state index in [1.54, 1.807) is 44.1 Å². The number of likely N-dealkylation sites (tertiary alicyclic amines) is 1. The molecule has 66 heavy (non-hydrogen) atoms. The predicted octanol–water partition coefficient (Wildman–Crippen LogP) is 4.34. The van der Waals surface area contributed by atoms with Crippen molar-refractivity contribution in [3.05, 3.63) is 106 Å². The van der Waals surface area contributed by atoms with Crippen LogP contribution in [0.1, 0.15) is 119 Å². The Morgan fingerprint density at radius 1 is 0.712 bits per heavy atom. The van der Waals surface area contributed by atoms with Gasteiger partial charge in [0.25, 0.3) is 0 Å². The van der Waals surface area contributed by atoms with Gasteiger partial charge in [0.05, 0.1) is 25.2 Å². The highest BCUT2D eigenvalue weighted by Gasteiger charge is 2.47. The fourth-order valence-corrected chi connectivity index (χ4v) is 9.65. The average Bonchev–Trinajstić information content (AvgIpc) is 3.72. The Morgan fingerprint density at radius 3 is 1.94 bits per heavy atom. The molecule has 356 valence electrons. The lowest BCUT2D eigenvalue weighted by Gasteiger charge is -2.41. The van der Waals surface area contributed by atoms with Gasteiger partial charge in [-0.15, -0.1) is 0 Å². The SMILES string of the molecule is CNCC(=O)NC(C(=O)N1Cc2cc(C3C[C@@H](C(=O)NC4CCCc5ccccc54)N(C(=O)C(NC(=O)CNC)C(C)(C)C)C3)ccc2C[C@H]1C(=O)NC(C)c1ccccc1F)C(C)(C)C. The van der Waals surface area contributed by atoms with Crippen molar-refractivity contribution in [1.29, 1.82) is 0 Å². The smallest absolute Gasteiger partial charge is 0.246 e. The number of hydrogen-bond acceptors (Lipinski definition) is 8. The predicted molar refractivity (Wildman–Crippen MR) is 251 cm³/mol. The molecule has 6 N–H and O–H groups in total. The van der Waals surface area contributed by atoms with Gasteiger partial charge in [0.2, 0.25) is 35.4 Å². The summed E-state index contributed by atoms with van der Waals surface area (Å²) in [5.41, 5.74) is 3.64. The summed E-state index contributed by atoms with van der Waals surface area (Å²) in [6, 6.07) is 15.6. The fraction of sp³-hybridized carbons (Fsp3) is 0.529. The maximum Gasteiger partial charge on any atom is 0.246 e. The number of carbonyl (C=O) groups is 6. The standard InChI is InChI=1S/C51H69FN8O6/c1-30(36-17-12-13-19-38(36)52)55-46(63)40-24-33-22-21-32(23-34(33)28-59(40)48(65)44(50(2,3)4)57-42(61)26-53-8)35-25-41(47(64)56-39-20-14-16-31-15-10-11-18-37(31)39)60(29-35)49(66)45(51(5,6)7)58-43(62)27-54-9/h10-13,15,17-19,21-23,30,35,39-41,44-45,53-54H,14,16,20,24-29H2,1-9H3,(H,55,63)(H,56,64)(H,57,61)(H,58,62)/t30?,35?,39?,40-,41-,44?,45?/m0/s1. The quantitative estimate of drug-likeness (QED) is 0.138. The molecule has 0 radical (unpaired) electrons. The van der Waals surface area contributed by atoms with Crippen LogP contribution in [0.15, 0.2) is 66.7 Å². The van der Waals surface area contributed by atoms with Crippen LogP contribution in [0.3, 0.4) is 0 Å². The van der Waals surface area contributed by atoms with Crippen LogP contribution in [-0.4, -0.2) is 103 Å². The van der Waals surface area contributed by atoms with Gasteiger partial charge in [-0.1, -0.05) is 102 Å². The molecule has 1 fully saturated rings. The molecule has 6 rings (SSSR count). The second-order valence-corrected chi connectivity index (χ2v) is 20.4. The number of likely N-dealkylation sites (N-methyl/N-ethyl adjacent to an activating group) is 2. The number of nitrogens with one attached hydrogen (secondary N) is 6. The molecule has 0 bridgehead atoms. The van der Waals surface area contributed by atoms with Gasteiger partial charge in [-0.2, -0.15) is 0 Å². The van der Waals surface area contributed by atoms with Gasteiger partial charge in [0.1, 0.15) is 30.0 Å². The maximum absolute atomic E-state index is 14.9. The molecule has 0 spiro atoms. The Bertz CT molecular complexity index is 2290. The van der Waals surface area contributed by atoms with Crippen molar-refractivity contribution in [1.82, 2.24) is 41.7 Å². The van der Waals surface area contributed by atoms with E-state index in [1.165, 1.54) is 16.5 Å². The summed E-state index contributed by atoms with van der Waals surface area (Å²) in [5, 5.41) is 17.7. The van der Waals surface area contributed by atoms with E-state index in [-0.39, 0.29) is 68.2 Å². The van der Waals surface area contributed by atoms with Crippen LogP contribution < -0.4 is 31.9 Å². The summed E-state index contributed by atoms with van der Waals surface area (Å²) in [7, 11) is 3.30. The Labute approximate surface area is 389 Å². The van der Waals surface area contributed by atoms with Gasteiger partial charge in [0.15, 0.2) is 0 Å². The first-order valence-electron chi connectivity index (χ1n) is 23.2. The number of nitrogens with zero attached hydrogens (tertiary/aromatic N) is 2. The van der Waals surface area contributed by atoms with Gasteiger partial charge in [0, 0.05) is 31.0 Å². The Balaban J connectivity index is 1.34. The monoisotopic (exact) mass is 909 g/mol. The third-order valence-electron chi connectivity index (χ3n) is 13.2. The van der Waals surface area contributed by atoms with Crippen LogP contribution >= 0.6 is 0 Å². The number of aryl methyl sites for hydroxylation is 1. The van der Waals surface area contributed by atoms with E-state index in [0.29, 0.717) is 12.0 Å². The topological polar surface area (TPSA) is 181 Å². The molecular weight excluding hydrogens is 840 g/mol.